The van der Waals surface area contributed by atoms with Gasteiger partial charge in [-0.05, 0) is 33.7 Å². The van der Waals surface area contributed by atoms with E-state index in [2.05, 4.69) is 6.92 Å². The van der Waals surface area contributed by atoms with E-state index in [0.717, 1.165) is 12.5 Å². The van der Waals surface area contributed by atoms with Crippen molar-refractivity contribution < 1.29 is 21.8 Å². The van der Waals surface area contributed by atoms with Crippen molar-refractivity contribution in [2.45, 2.75) is 79.2 Å². The molecule has 0 saturated heterocycles. The van der Waals surface area contributed by atoms with Crippen molar-refractivity contribution in [2.24, 2.45) is 0 Å². The third-order valence-corrected chi connectivity index (χ3v) is 9.10. The van der Waals surface area contributed by atoms with E-state index in [0.29, 0.717) is 26.4 Å². The van der Waals surface area contributed by atoms with E-state index in [-0.39, 0.29) is 0 Å². The van der Waals surface area contributed by atoms with Crippen LogP contribution in [0.5, 0.6) is 0 Å². The highest BCUT2D eigenvalue weighted by molar-refractivity contribution is 6.64. The Labute approximate surface area is 146 Å². The molecule has 0 fully saturated rings. The third-order valence-electron chi connectivity index (χ3n) is 3.39. The fraction of sp³-hybridized carbons (Fsp3) is 1.00. The van der Waals surface area contributed by atoms with Crippen molar-refractivity contribution in [3.05, 3.63) is 0 Å². The van der Waals surface area contributed by atoms with Gasteiger partial charge in [0.05, 0.1) is 0 Å². The Morgan fingerprint density at radius 3 is 1.65 bits per heavy atom. The minimum atomic E-state index is -3.04. The van der Waals surface area contributed by atoms with Crippen LogP contribution in [0.3, 0.4) is 0 Å². The predicted molar refractivity (Wildman–Crippen MR) is 98.7 cm³/mol. The molecule has 7 heteroatoms. The second-order valence-corrected chi connectivity index (χ2v) is 9.94. The topological polar surface area (TPSA) is 46.2 Å². The van der Waals surface area contributed by atoms with Gasteiger partial charge >= 0.3 is 18.3 Å². The van der Waals surface area contributed by atoms with Crippen LogP contribution in [0, 0.1) is 0 Å². The van der Waals surface area contributed by atoms with Gasteiger partial charge < -0.3 is 21.8 Å². The van der Waals surface area contributed by atoms with E-state index in [4.69, 9.17) is 21.8 Å². The Kier molecular flexibility index (Phi) is 15.9. The fourth-order valence-corrected chi connectivity index (χ4v) is 7.69. The molecule has 0 aromatic carbocycles. The molecule has 0 saturated carbocycles. The lowest BCUT2D eigenvalue weighted by atomic mass is 10.1. The van der Waals surface area contributed by atoms with Gasteiger partial charge in [0.2, 0.25) is 0 Å². The molecule has 0 spiro atoms. The molecule has 0 aliphatic rings. The van der Waals surface area contributed by atoms with Crippen molar-refractivity contribution in [1.82, 2.24) is 0 Å². The summed E-state index contributed by atoms with van der Waals surface area (Å²) < 4.78 is 29.4. The number of hydrogen-bond acceptors (Lipinski definition) is 5. The third kappa shape index (κ3) is 11.4. The van der Waals surface area contributed by atoms with Crippen molar-refractivity contribution >= 4 is 18.3 Å². The quantitative estimate of drug-likeness (QED) is 0.286. The van der Waals surface area contributed by atoms with Crippen molar-refractivity contribution in [1.29, 1.82) is 0 Å². The van der Waals surface area contributed by atoms with Crippen LogP contribution in [0.4, 0.5) is 0 Å². The molecule has 0 rings (SSSR count). The highest BCUT2D eigenvalue weighted by Gasteiger charge is 2.47. The zero-order chi connectivity index (χ0) is 17.4. The van der Waals surface area contributed by atoms with Gasteiger partial charge in [-0.3, -0.25) is 0 Å². The van der Waals surface area contributed by atoms with Crippen LogP contribution in [0.25, 0.3) is 0 Å². The SMILES string of the molecule is CCCCCCCC[SiH](OCC)O[Si](OCC)(OCC)OCC. The monoisotopic (exact) mass is 366 g/mol. The maximum absolute atomic E-state index is 6.22. The van der Waals surface area contributed by atoms with E-state index in [1.165, 1.54) is 32.1 Å². The summed E-state index contributed by atoms with van der Waals surface area (Å²) in [4.78, 5) is 0. The molecule has 0 aromatic heterocycles. The lowest BCUT2D eigenvalue weighted by Crippen LogP contribution is -2.53. The summed E-state index contributed by atoms with van der Waals surface area (Å²) in [6.07, 6.45) is 7.63. The summed E-state index contributed by atoms with van der Waals surface area (Å²) in [5.74, 6) is 0. The van der Waals surface area contributed by atoms with Crippen LogP contribution in [0.15, 0.2) is 0 Å². The van der Waals surface area contributed by atoms with Gasteiger partial charge in [0, 0.05) is 26.4 Å². The number of unbranched alkanes of at least 4 members (excludes halogenated alkanes) is 5. The molecule has 1 atom stereocenters. The summed E-state index contributed by atoms with van der Waals surface area (Å²) in [6.45, 7) is 12.3. The highest BCUT2D eigenvalue weighted by Crippen LogP contribution is 2.18. The summed E-state index contributed by atoms with van der Waals surface area (Å²) in [7, 11) is -4.87. The maximum Gasteiger partial charge on any atom is 0.670 e. The Balaban J connectivity index is 4.45. The first-order valence-electron chi connectivity index (χ1n) is 9.39. The lowest BCUT2D eigenvalue weighted by Gasteiger charge is -2.30. The standard InChI is InChI=1S/C16H38O5Si2/c1-6-11-12-13-14-15-16-22(17-7-2)21-23(18-8-3,19-9-4)20-10-5/h22H,6-16H2,1-5H3. The molecule has 0 amide bonds. The van der Waals surface area contributed by atoms with Crippen molar-refractivity contribution in [2.75, 3.05) is 26.4 Å². The normalized spacial score (nSPS) is 13.4. The van der Waals surface area contributed by atoms with E-state index in [1.54, 1.807) is 0 Å². The lowest BCUT2D eigenvalue weighted by molar-refractivity contribution is 0.00118. The van der Waals surface area contributed by atoms with Crippen LogP contribution < -0.4 is 0 Å². The zero-order valence-electron chi connectivity index (χ0n) is 15.9. The second kappa shape index (κ2) is 15.7. The van der Waals surface area contributed by atoms with Gasteiger partial charge in [-0.1, -0.05) is 45.4 Å². The summed E-state index contributed by atoms with van der Waals surface area (Å²) in [5.41, 5.74) is 0. The largest absolute Gasteiger partial charge is 0.670 e. The first-order chi connectivity index (χ1) is 11.2. The molecule has 140 valence electrons. The Morgan fingerprint density at radius 1 is 0.652 bits per heavy atom. The average molecular weight is 367 g/mol. The smallest absolute Gasteiger partial charge is 0.397 e. The zero-order valence-corrected chi connectivity index (χ0v) is 18.1. The summed E-state index contributed by atoms with van der Waals surface area (Å²) in [6, 6.07) is 0.988. The molecular weight excluding hydrogens is 328 g/mol. The van der Waals surface area contributed by atoms with E-state index >= 15 is 0 Å². The van der Waals surface area contributed by atoms with Crippen LogP contribution in [0.1, 0.15) is 73.1 Å². The van der Waals surface area contributed by atoms with Gasteiger partial charge in [0.25, 0.3) is 0 Å². The Bertz CT molecular complexity index is 240. The van der Waals surface area contributed by atoms with Gasteiger partial charge in [-0.2, -0.15) is 0 Å². The van der Waals surface area contributed by atoms with Gasteiger partial charge in [0.1, 0.15) is 0 Å². The van der Waals surface area contributed by atoms with Gasteiger partial charge in [-0.15, -0.1) is 0 Å². The molecule has 0 N–H and O–H groups in total. The minimum absolute atomic E-state index is 0.524. The van der Waals surface area contributed by atoms with Gasteiger partial charge in [0.15, 0.2) is 0 Å². The van der Waals surface area contributed by atoms with E-state index in [1.807, 2.05) is 27.7 Å². The molecule has 1 unspecified atom stereocenters. The molecule has 0 aromatic rings. The molecule has 0 radical (unpaired) electrons. The molecule has 23 heavy (non-hydrogen) atoms. The van der Waals surface area contributed by atoms with Crippen molar-refractivity contribution in [3.63, 3.8) is 0 Å². The molecule has 0 aliphatic carbocycles. The minimum Gasteiger partial charge on any atom is -0.397 e. The number of rotatable bonds is 17. The van der Waals surface area contributed by atoms with Crippen LogP contribution in [0.2, 0.25) is 6.04 Å². The number of hydrogen-bond donors (Lipinski definition) is 0. The second-order valence-electron chi connectivity index (χ2n) is 5.36. The maximum atomic E-state index is 6.22. The average Bonchev–Trinajstić information content (AvgIpc) is 2.51. The van der Waals surface area contributed by atoms with Crippen LogP contribution in [-0.2, 0) is 21.8 Å². The van der Waals surface area contributed by atoms with E-state index in [9.17, 15) is 0 Å². The summed E-state index contributed by atoms with van der Waals surface area (Å²) >= 11 is 0. The predicted octanol–water partition coefficient (Wildman–Crippen LogP) is 4.17. The molecule has 0 bridgehead atoms. The van der Waals surface area contributed by atoms with Crippen molar-refractivity contribution in [3.8, 4) is 0 Å². The van der Waals surface area contributed by atoms with E-state index < -0.39 is 18.3 Å². The molecule has 5 nitrogen and oxygen atoms in total. The molecule has 0 aliphatic heterocycles. The van der Waals surface area contributed by atoms with Crippen LogP contribution in [-0.4, -0.2) is 44.8 Å². The highest BCUT2D eigenvalue weighted by atomic mass is 28.5. The summed E-state index contributed by atoms with van der Waals surface area (Å²) in [5, 5.41) is 0. The van der Waals surface area contributed by atoms with Gasteiger partial charge in [-0.25, -0.2) is 0 Å². The molecular formula is C16H38O5Si2. The first kappa shape index (κ1) is 23.2. The fourth-order valence-electron chi connectivity index (χ4n) is 2.37. The van der Waals surface area contributed by atoms with Crippen LogP contribution >= 0.6 is 0 Å². The Hall–Kier alpha value is 0.234. The first-order valence-corrected chi connectivity index (χ1v) is 12.8. The molecule has 0 heterocycles. The Morgan fingerprint density at radius 2 is 1.17 bits per heavy atom.